The van der Waals surface area contributed by atoms with Gasteiger partial charge in [0.25, 0.3) is 5.91 Å². The summed E-state index contributed by atoms with van der Waals surface area (Å²) in [5, 5.41) is 2.82. The maximum atomic E-state index is 12.5. The van der Waals surface area contributed by atoms with E-state index in [1.807, 2.05) is 36.6 Å². The van der Waals surface area contributed by atoms with Crippen molar-refractivity contribution in [2.75, 3.05) is 4.90 Å². The normalized spacial score (nSPS) is 17.0. The number of anilines is 1. The molecule has 1 aromatic heterocycles. The lowest BCUT2D eigenvalue weighted by Gasteiger charge is -2.21. The Morgan fingerprint density at radius 1 is 1.41 bits per heavy atom. The second-order valence-electron chi connectivity index (χ2n) is 5.08. The fourth-order valence-electron chi connectivity index (χ4n) is 2.58. The molecule has 2 N–H and O–H groups in total. The largest absolute Gasteiger partial charge is 0.368 e. The smallest absolute Gasteiger partial charge is 0.251 e. The van der Waals surface area contributed by atoms with E-state index in [0.29, 0.717) is 6.42 Å². The minimum Gasteiger partial charge on any atom is -0.368 e. The van der Waals surface area contributed by atoms with E-state index in [-0.39, 0.29) is 5.91 Å². The van der Waals surface area contributed by atoms with Crippen LogP contribution in [0.2, 0.25) is 0 Å². The summed E-state index contributed by atoms with van der Waals surface area (Å²) in [4.78, 5) is 29.9. The molecule has 6 heteroatoms. The van der Waals surface area contributed by atoms with Crippen LogP contribution in [-0.2, 0) is 16.0 Å². The molecule has 2 amide bonds. The molecule has 22 heavy (non-hydrogen) atoms. The van der Waals surface area contributed by atoms with Gasteiger partial charge in [0.1, 0.15) is 6.04 Å². The molecule has 0 fully saturated rings. The Kier molecular flexibility index (Phi) is 3.77. The number of thiazole rings is 1. The molecule has 0 saturated carbocycles. The molecule has 0 bridgehead atoms. The van der Waals surface area contributed by atoms with Gasteiger partial charge in [-0.05, 0) is 24.6 Å². The third-order valence-corrected chi connectivity index (χ3v) is 4.37. The van der Waals surface area contributed by atoms with Crippen LogP contribution in [0.25, 0.3) is 6.08 Å². The Morgan fingerprint density at radius 2 is 2.18 bits per heavy atom. The van der Waals surface area contributed by atoms with Gasteiger partial charge in [0.2, 0.25) is 5.91 Å². The van der Waals surface area contributed by atoms with Crippen LogP contribution < -0.4 is 10.6 Å². The minimum absolute atomic E-state index is 0.264. The van der Waals surface area contributed by atoms with Gasteiger partial charge in [-0.2, -0.15) is 0 Å². The molecule has 1 aromatic carbocycles. The van der Waals surface area contributed by atoms with Crippen LogP contribution in [0.15, 0.2) is 35.7 Å². The summed E-state index contributed by atoms with van der Waals surface area (Å²) in [5.41, 5.74) is 7.89. The number of primary amides is 1. The topological polar surface area (TPSA) is 76.3 Å². The number of nitrogens with two attached hydrogens (primary N) is 1. The Hall–Kier alpha value is -2.47. The van der Waals surface area contributed by atoms with Crippen molar-refractivity contribution < 1.29 is 9.59 Å². The molecule has 0 saturated heterocycles. The number of hydrogen-bond acceptors (Lipinski definition) is 4. The van der Waals surface area contributed by atoms with Crippen molar-refractivity contribution in [3.63, 3.8) is 0 Å². The van der Waals surface area contributed by atoms with Crippen molar-refractivity contribution in [2.24, 2.45) is 5.73 Å². The lowest BCUT2D eigenvalue weighted by atomic mass is 10.1. The fourth-order valence-corrected chi connectivity index (χ4v) is 3.16. The molecule has 2 heterocycles. The Bertz CT molecular complexity index is 766. The van der Waals surface area contributed by atoms with Crippen LogP contribution in [0.1, 0.15) is 16.3 Å². The molecule has 1 aliphatic heterocycles. The number of para-hydroxylation sites is 1. The second-order valence-corrected chi connectivity index (χ2v) is 6.15. The number of nitrogens with zero attached hydrogens (tertiary/aromatic N) is 2. The van der Waals surface area contributed by atoms with Gasteiger partial charge in [0.05, 0.1) is 10.7 Å². The van der Waals surface area contributed by atoms with E-state index in [0.717, 1.165) is 22.0 Å². The number of fused-ring (bicyclic) bond motifs is 1. The maximum absolute atomic E-state index is 12.5. The number of benzene rings is 1. The number of aromatic nitrogens is 1. The second kappa shape index (κ2) is 5.73. The fraction of sp³-hybridized carbons (Fsp3) is 0.188. The quantitative estimate of drug-likeness (QED) is 0.879. The average molecular weight is 313 g/mol. The zero-order valence-corrected chi connectivity index (χ0v) is 12.8. The van der Waals surface area contributed by atoms with Crippen molar-refractivity contribution in [2.45, 2.75) is 19.4 Å². The van der Waals surface area contributed by atoms with Gasteiger partial charge in [0, 0.05) is 23.6 Å². The Morgan fingerprint density at radius 3 is 2.86 bits per heavy atom. The summed E-state index contributed by atoms with van der Waals surface area (Å²) in [6.45, 7) is 1.91. The monoisotopic (exact) mass is 313 g/mol. The summed E-state index contributed by atoms with van der Waals surface area (Å²) in [6, 6.07) is 6.84. The third kappa shape index (κ3) is 2.65. The minimum atomic E-state index is -0.633. The highest BCUT2D eigenvalue weighted by atomic mass is 32.1. The molecule has 2 aromatic rings. The van der Waals surface area contributed by atoms with Crippen molar-refractivity contribution in [1.29, 1.82) is 0 Å². The zero-order valence-electron chi connectivity index (χ0n) is 12.0. The highest BCUT2D eigenvalue weighted by Gasteiger charge is 2.36. The summed E-state index contributed by atoms with van der Waals surface area (Å²) in [5.74, 6) is -0.762. The molecule has 3 rings (SSSR count). The van der Waals surface area contributed by atoms with E-state index >= 15 is 0 Å². The molecule has 0 unspecified atom stereocenters. The van der Waals surface area contributed by atoms with Gasteiger partial charge >= 0.3 is 0 Å². The molecule has 1 atom stereocenters. The third-order valence-electron chi connectivity index (χ3n) is 3.58. The van der Waals surface area contributed by atoms with Gasteiger partial charge < -0.3 is 5.73 Å². The van der Waals surface area contributed by atoms with E-state index < -0.39 is 11.9 Å². The Balaban J connectivity index is 1.89. The Labute approximate surface area is 132 Å². The molecular formula is C16H15N3O2S. The maximum Gasteiger partial charge on any atom is 0.251 e. The number of amides is 2. The van der Waals surface area contributed by atoms with Gasteiger partial charge in [0.15, 0.2) is 0 Å². The first kappa shape index (κ1) is 14.5. The molecule has 112 valence electrons. The molecule has 0 aliphatic carbocycles. The molecule has 0 radical (unpaired) electrons. The van der Waals surface area contributed by atoms with E-state index in [1.54, 1.807) is 6.08 Å². The number of rotatable bonds is 3. The van der Waals surface area contributed by atoms with Crippen LogP contribution in [0.5, 0.6) is 0 Å². The molecule has 0 spiro atoms. The van der Waals surface area contributed by atoms with Crippen LogP contribution in [0.3, 0.4) is 0 Å². The SMILES string of the molecule is Cc1nc(C=CC(=O)N2c3ccccc3C[C@H]2C(N)=O)cs1. The van der Waals surface area contributed by atoms with Crippen molar-refractivity contribution in [3.8, 4) is 0 Å². The van der Waals surface area contributed by atoms with Crippen molar-refractivity contribution in [1.82, 2.24) is 4.98 Å². The van der Waals surface area contributed by atoms with Gasteiger partial charge in [-0.3, -0.25) is 14.5 Å². The number of hydrogen-bond donors (Lipinski definition) is 1. The van der Waals surface area contributed by atoms with E-state index in [2.05, 4.69) is 4.98 Å². The summed E-state index contributed by atoms with van der Waals surface area (Å²) >= 11 is 1.52. The molecular weight excluding hydrogens is 298 g/mol. The standard InChI is InChI=1S/C16H15N3O2S/c1-10-18-12(9-22-10)6-7-15(20)19-13-5-3-2-4-11(13)8-14(19)16(17)21/h2-7,9,14H,8H2,1H3,(H2,17,21)/t14-/m0/s1. The van der Waals surface area contributed by atoms with Crippen LogP contribution in [-0.4, -0.2) is 22.8 Å². The lowest BCUT2D eigenvalue weighted by molar-refractivity contribution is -0.122. The number of carbonyl (C=O) groups excluding carboxylic acids is 2. The lowest BCUT2D eigenvalue weighted by Crippen LogP contribution is -2.45. The number of aryl methyl sites for hydroxylation is 1. The first-order chi connectivity index (χ1) is 10.6. The summed E-state index contributed by atoms with van der Waals surface area (Å²) < 4.78 is 0. The molecule has 5 nitrogen and oxygen atoms in total. The van der Waals surface area contributed by atoms with Gasteiger partial charge in [-0.15, -0.1) is 11.3 Å². The predicted octanol–water partition coefficient (Wildman–Crippen LogP) is 1.91. The van der Waals surface area contributed by atoms with Crippen LogP contribution >= 0.6 is 11.3 Å². The van der Waals surface area contributed by atoms with E-state index in [9.17, 15) is 9.59 Å². The number of carbonyl (C=O) groups is 2. The van der Waals surface area contributed by atoms with Crippen LogP contribution in [0.4, 0.5) is 5.69 Å². The summed E-state index contributed by atoms with van der Waals surface area (Å²) in [6.07, 6.45) is 3.55. The first-order valence-corrected chi connectivity index (χ1v) is 7.75. The zero-order chi connectivity index (χ0) is 15.7. The highest BCUT2D eigenvalue weighted by Crippen LogP contribution is 2.32. The predicted molar refractivity (Wildman–Crippen MR) is 86.5 cm³/mol. The molecule has 1 aliphatic rings. The van der Waals surface area contributed by atoms with Crippen molar-refractivity contribution >= 4 is 34.9 Å². The van der Waals surface area contributed by atoms with Crippen LogP contribution in [0, 0.1) is 6.92 Å². The van der Waals surface area contributed by atoms with E-state index in [4.69, 9.17) is 5.73 Å². The van der Waals surface area contributed by atoms with Crippen molar-refractivity contribution in [3.05, 3.63) is 52.0 Å². The van der Waals surface area contributed by atoms with Gasteiger partial charge in [-0.1, -0.05) is 18.2 Å². The highest BCUT2D eigenvalue weighted by molar-refractivity contribution is 7.09. The average Bonchev–Trinajstić information content (AvgIpc) is 3.08. The van der Waals surface area contributed by atoms with Gasteiger partial charge in [-0.25, -0.2) is 4.98 Å². The first-order valence-electron chi connectivity index (χ1n) is 6.87. The summed E-state index contributed by atoms with van der Waals surface area (Å²) in [7, 11) is 0. The van der Waals surface area contributed by atoms with E-state index in [1.165, 1.54) is 22.3 Å².